The van der Waals surface area contributed by atoms with Crippen LogP contribution in [-0.4, -0.2) is 23.0 Å². The van der Waals surface area contributed by atoms with Gasteiger partial charge in [-0.25, -0.2) is 23.1 Å². The number of methoxy groups -OCH3 is 1. The maximum Gasteiger partial charge on any atom is 0.274 e. The maximum absolute atomic E-state index is 13.8. The third-order valence-corrected chi connectivity index (χ3v) is 3.70. The molecule has 0 radical (unpaired) electrons. The van der Waals surface area contributed by atoms with E-state index in [-0.39, 0.29) is 11.6 Å². The van der Waals surface area contributed by atoms with Crippen LogP contribution >= 0.6 is 0 Å². The number of aromatic nitrogens is 2. The second-order valence-electron chi connectivity index (χ2n) is 5.75. The summed E-state index contributed by atoms with van der Waals surface area (Å²) in [5.41, 5.74) is 0.517. The topological polar surface area (TPSA) is 76.1 Å². The Labute approximate surface area is 158 Å². The van der Waals surface area contributed by atoms with Crippen LogP contribution < -0.4 is 15.4 Å². The van der Waals surface area contributed by atoms with Crippen LogP contribution in [0.5, 0.6) is 5.75 Å². The number of benzene rings is 2. The van der Waals surface area contributed by atoms with Gasteiger partial charge >= 0.3 is 0 Å². The molecule has 0 aliphatic rings. The molecular weight excluding hydrogens is 373 g/mol. The number of nitrogens with one attached hydrogen (secondary N) is 2. The van der Waals surface area contributed by atoms with Gasteiger partial charge in [0, 0.05) is 17.4 Å². The van der Waals surface area contributed by atoms with Crippen LogP contribution in [0.2, 0.25) is 0 Å². The fourth-order valence-electron chi connectivity index (χ4n) is 2.38. The normalized spacial score (nSPS) is 10.5. The highest BCUT2D eigenvalue weighted by molar-refractivity contribution is 6.03. The summed E-state index contributed by atoms with van der Waals surface area (Å²) < 4.78 is 45.3. The van der Waals surface area contributed by atoms with Crippen LogP contribution in [0, 0.1) is 24.4 Å². The van der Waals surface area contributed by atoms with E-state index in [1.807, 2.05) is 0 Å². The van der Waals surface area contributed by atoms with Crippen molar-refractivity contribution in [3.05, 3.63) is 71.3 Å². The van der Waals surface area contributed by atoms with Crippen molar-refractivity contribution in [3.63, 3.8) is 0 Å². The number of ether oxygens (including phenoxy) is 1. The number of hydrogen-bond donors (Lipinski definition) is 2. The minimum absolute atomic E-state index is 0.0815. The smallest absolute Gasteiger partial charge is 0.274 e. The van der Waals surface area contributed by atoms with Crippen LogP contribution in [0.1, 0.15) is 16.2 Å². The zero-order chi connectivity index (χ0) is 20.3. The van der Waals surface area contributed by atoms with Crippen LogP contribution in [-0.2, 0) is 0 Å². The van der Waals surface area contributed by atoms with Crippen molar-refractivity contribution in [2.24, 2.45) is 0 Å². The molecule has 6 nitrogen and oxygen atoms in total. The minimum Gasteiger partial charge on any atom is -0.497 e. The predicted molar refractivity (Wildman–Crippen MR) is 97.3 cm³/mol. The molecule has 3 rings (SSSR count). The SMILES string of the molecule is COc1cccc(Nc2nc(C)cc(C(=O)Nc3ccc(F)c(F)c3F)n2)c1. The van der Waals surface area contributed by atoms with Gasteiger partial charge in [0.2, 0.25) is 5.95 Å². The van der Waals surface area contributed by atoms with Crippen molar-refractivity contribution < 1.29 is 22.7 Å². The number of halogens is 3. The molecule has 0 saturated heterocycles. The van der Waals surface area contributed by atoms with E-state index < -0.39 is 29.0 Å². The van der Waals surface area contributed by atoms with Crippen molar-refractivity contribution in [3.8, 4) is 5.75 Å². The Hall–Kier alpha value is -3.62. The molecule has 2 N–H and O–H groups in total. The van der Waals surface area contributed by atoms with Gasteiger partial charge in [-0.3, -0.25) is 4.79 Å². The third-order valence-electron chi connectivity index (χ3n) is 3.70. The van der Waals surface area contributed by atoms with Crippen LogP contribution in [0.4, 0.5) is 30.5 Å². The number of aryl methyl sites for hydroxylation is 1. The molecule has 0 aliphatic heterocycles. The van der Waals surface area contributed by atoms with Crippen LogP contribution in [0.3, 0.4) is 0 Å². The summed E-state index contributed by atoms with van der Waals surface area (Å²) in [4.78, 5) is 20.7. The first-order chi connectivity index (χ1) is 13.4. The lowest BCUT2D eigenvalue weighted by atomic mass is 10.2. The standard InChI is InChI=1S/C19H15F3N4O2/c1-10-8-15(18(27)25-14-7-6-13(20)16(21)17(14)22)26-19(23-10)24-11-4-3-5-12(9-11)28-2/h3-9H,1-2H3,(H,25,27)(H,23,24,26). The highest BCUT2D eigenvalue weighted by Gasteiger charge is 2.17. The molecule has 0 bridgehead atoms. The van der Waals surface area contributed by atoms with E-state index in [0.717, 1.165) is 12.1 Å². The molecule has 1 amide bonds. The van der Waals surface area contributed by atoms with Crippen molar-refractivity contribution in [2.75, 3.05) is 17.7 Å². The zero-order valence-corrected chi connectivity index (χ0v) is 14.9. The summed E-state index contributed by atoms with van der Waals surface area (Å²) in [5.74, 6) is -4.57. The number of rotatable bonds is 5. The molecule has 144 valence electrons. The highest BCUT2D eigenvalue weighted by atomic mass is 19.2. The van der Waals surface area contributed by atoms with Crippen LogP contribution in [0.15, 0.2) is 42.5 Å². The van der Waals surface area contributed by atoms with E-state index in [4.69, 9.17) is 4.74 Å². The van der Waals surface area contributed by atoms with E-state index in [1.165, 1.54) is 13.2 Å². The summed E-state index contributed by atoms with van der Waals surface area (Å²) in [6, 6.07) is 10.0. The summed E-state index contributed by atoms with van der Waals surface area (Å²) in [6.07, 6.45) is 0. The Bertz CT molecular complexity index is 1040. The second-order valence-corrected chi connectivity index (χ2v) is 5.75. The molecule has 3 aromatic rings. The lowest BCUT2D eigenvalue weighted by Crippen LogP contribution is -2.17. The van der Waals surface area contributed by atoms with E-state index in [0.29, 0.717) is 17.1 Å². The van der Waals surface area contributed by atoms with Crippen molar-refractivity contribution in [1.82, 2.24) is 9.97 Å². The highest BCUT2D eigenvalue weighted by Crippen LogP contribution is 2.22. The Morgan fingerprint density at radius 3 is 2.57 bits per heavy atom. The Morgan fingerprint density at radius 1 is 1.04 bits per heavy atom. The van der Waals surface area contributed by atoms with Gasteiger partial charge in [-0.15, -0.1) is 0 Å². The average molecular weight is 388 g/mol. The van der Waals surface area contributed by atoms with Crippen LogP contribution in [0.25, 0.3) is 0 Å². The Kier molecular flexibility index (Phi) is 5.44. The van der Waals surface area contributed by atoms with Gasteiger partial charge in [0.25, 0.3) is 5.91 Å². The molecule has 0 atom stereocenters. The van der Waals surface area contributed by atoms with E-state index in [2.05, 4.69) is 20.6 Å². The summed E-state index contributed by atoms with van der Waals surface area (Å²) in [7, 11) is 1.53. The average Bonchev–Trinajstić information content (AvgIpc) is 2.68. The molecule has 2 aromatic carbocycles. The van der Waals surface area contributed by atoms with Gasteiger partial charge in [-0.05, 0) is 37.3 Å². The van der Waals surface area contributed by atoms with Crippen molar-refractivity contribution in [1.29, 1.82) is 0 Å². The maximum atomic E-state index is 13.8. The van der Waals surface area contributed by atoms with Gasteiger partial charge in [0.05, 0.1) is 12.8 Å². The number of carbonyl (C=O) groups excluding carboxylic acids is 1. The summed E-state index contributed by atoms with van der Waals surface area (Å²) in [5, 5.41) is 5.11. The van der Waals surface area contributed by atoms with Gasteiger partial charge in [-0.2, -0.15) is 0 Å². The lowest BCUT2D eigenvalue weighted by Gasteiger charge is -2.10. The monoisotopic (exact) mass is 388 g/mol. The number of nitrogens with zero attached hydrogens (tertiary/aromatic N) is 2. The number of amides is 1. The number of hydrogen-bond acceptors (Lipinski definition) is 5. The first kappa shape index (κ1) is 19.2. The van der Waals surface area contributed by atoms with Crippen molar-refractivity contribution >= 4 is 23.2 Å². The Balaban J connectivity index is 1.84. The molecule has 0 spiro atoms. The van der Waals surface area contributed by atoms with Crippen molar-refractivity contribution in [2.45, 2.75) is 6.92 Å². The van der Waals surface area contributed by atoms with Gasteiger partial charge in [-0.1, -0.05) is 6.07 Å². The molecule has 28 heavy (non-hydrogen) atoms. The first-order valence-electron chi connectivity index (χ1n) is 8.09. The van der Waals surface area contributed by atoms with E-state index in [9.17, 15) is 18.0 Å². The molecule has 1 aromatic heterocycles. The predicted octanol–water partition coefficient (Wildman–Crippen LogP) is 4.21. The van der Waals surface area contributed by atoms with Gasteiger partial charge < -0.3 is 15.4 Å². The first-order valence-corrected chi connectivity index (χ1v) is 8.09. The second kappa shape index (κ2) is 7.95. The molecule has 0 saturated carbocycles. The Morgan fingerprint density at radius 2 is 1.82 bits per heavy atom. The zero-order valence-electron chi connectivity index (χ0n) is 14.9. The molecule has 0 aliphatic carbocycles. The van der Waals surface area contributed by atoms with E-state index >= 15 is 0 Å². The molecule has 0 fully saturated rings. The summed E-state index contributed by atoms with van der Waals surface area (Å²) >= 11 is 0. The van der Waals surface area contributed by atoms with Gasteiger partial charge in [0.1, 0.15) is 11.4 Å². The van der Waals surface area contributed by atoms with E-state index in [1.54, 1.807) is 31.2 Å². The third kappa shape index (κ3) is 4.20. The molecular formula is C19H15F3N4O2. The fraction of sp³-hybridized carbons (Fsp3) is 0.105. The fourth-order valence-corrected chi connectivity index (χ4v) is 2.38. The number of carbonyl (C=O) groups is 1. The molecule has 1 heterocycles. The largest absolute Gasteiger partial charge is 0.497 e. The molecule has 0 unspecified atom stereocenters. The summed E-state index contributed by atoms with van der Waals surface area (Å²) in [6.45, 7) is 1.65. The quantitative estimate of drug-likeness (QED) is 0.641. The number of anilines is 3. The van der Waals surface area contributed by atoms with Gasteiger partial charge in [0.15, 0.2) is 17.5 Å². The minimum atomic E-state index is -1.67. The lowest BCUT2D eigenvalue weighted by molar-refractivity contribution is 0.102. The molecule has 9 heteroatoms.